The van der Waals surface area contributed by atoms with E-state index in [1.165, 1.54) is 0 Å². The van der Waals surface area contributed by atoms with E-state index < -0.39 is 10.0 Å². The van der Waals surface area contributed by atoms with E-state index in [-0.39, 0.29) is 11.9 Å². The molecule has 0 bridgehead atoms. The molecule has 2 aliphatic heterocycles. The van der Waals surface area contributed by atoms with Crippen molar-refractivity contribution in [2.75, 3.05) is 65.2 Å². The van der Waals surface area contributed by atoms with Gasteiger partial charge >= 0.3 is 0 Å². The summed E-state index contributed by atoms with van der Waals surface area (Å²) >= 11 is 0. The van der Waals surface area contributed by atoms with Crippen molar-refractivity contribution in [3.8, 4) is 0 Å². The molecule has 1 amide bonds. The largest absolute Gasteiger partial charge is 0.357 e. The minimum Gasteiger partial charge on any atom is -0.357 e. The van der Waals surface area contributed by atoms with Crippen LogP contribution in [-0.4, -0.2) is 106 Å². The van der Waals surface area contributed by atoms with Gasteiger partial charge in [-0.25, -0.2) is 13.1 Å². The highest BCUT2D eigenvalue weighted by atomic mass is 32.2. The maximum atomic E-state index is 12.6. The SMILES string of the molecule is CCNC(=NCCCNS(C)(=O)=O)N1CCN(C(C)C(=O)N2CCCC2)CC1. The van der Waals surface area contributed by atoms with Gasteiger partial charge in [0.1, 0.15) is 0 Å². The molecule has 2 heterocycles. The van der Waals surface area contributed by atoms with Crippen molar-refractivity contribution in [1.82, 2.24) is 24.7 Å². The van der Waals surface area contributed by atoms with Gasteiger partial charge in [-0.3, -0.25) is 14.7 Å². The molecule has 162 valence electrons. The number of piperazine rings is 1. The van der Waals surface area contributed by atoms with Crippen LogP contribution < -0.4 is 10.0 Å². The van der Waals surface area contributed by atoms with E-state index >= 15 is 0 Å². The fourth-order valence-electron chi connectivity index (χ4n) is 3.63. The molecule has 1 atom stereocenters. The monoisotopic (exact) mass is 416 g/mol. The molecular weight excluding hydrogens is 380 g/mol. The molecule has 28 heavy (non-hydrogen) atoms. The fourth-order valence-corrected chi connectivity index (χ4v) is 4.14. The zero-order valence-corrected chi connectivity index (χ0v) is 18.3. The molecule has 10 heteroatoms. The maximum absolute atomic E-state index is 12.6. The minimum atomic E-state index is -3.14. The van der Waals surface area contributed by atoms with Gasteiger partial charge in [0.15, 0.2) is 5.96 Å². The fraction of sp³-hybridized carbons (Fsp3) is 0.889. The lowest BCUT2D eigenvalue weighted by Gasteiger charge is -2.39. The molecule has 1 unspecified atom stereocenters. The summed E-state index contributed by atoms with van der Waals surface area (Å²) in [5.74, 6) is 1.12. The molecule has 9 nitrogen and oxygen atoms in total. The van der Waals surface area contributed by atoms with E-state index in [1.807, 2.05) is 18.7 Å². The lowest BCUT2D eigenvalue weighted by atomic mass is 10.2. The van der Waals surface area contributed by atoms with E-state index in [2.05, 4.69) is 24.8 Å². The molecule has 0 saturated carbocycles. The lowest BCUT2D eigenvalue weighted by Crippen LogP contribution is -2.57. The van der Waals surface area contributed by atoms with E-state index in [9.17, 15) is 13.2 Å². The summed E-state index contributed by atoms with van der Waals surface area (Å²) in [6.07, 6.45) is 4.06. The van der Waals surface area contributed by atoms with Crippen molar-refractivity contribution in [2.24, 2.45) is 4.99 Å². The maximum Gasteiger partial charge on any atom is 0.239 e. The first kappa shape index (κ1) is 22.9. The van der Waals surface area contributed by atoms with Gasteiger partial charge in [-0.05, 0) is 33.1 Å². The topological polar surface area (TPSA) is 97.3 Å². The molecule has 2 saturated heterocycles. The van der Waals surface area contributed by atoms with Crippen LogP contribution in [0.15, 0.2) is 4.99 Å². The molecule has 2 fully saturated rings. The van der Waals surface area contributed by atoms with Crippen LogP contribution in [0.5, 0.6) is 0 Å². The first-order chi connectivity index (χ1) is 13.3. The van der Waals surface area contributed by atoms with Gasteiger partial charge in [0.25, 0.3) is 0 Å². The van der Waals surface area contributed by atoms with Crippen LogP contribution in [0, 0.1) is 0 Å². The normalized spacial score (nSPS) is 20.5. The Morgan fingerprint density at radius 3 is 2.29 bits per heavy atom. The number of nitrogens with zero attached hydrogens (tertiary/aromatic N) is 4. The summed E-state index contributed by atoms with van der Waals surface area (Å²) in [5, 5.41) is 3.31. The van der Waals surface area contributed by atoms with Gasteiger partial charge in [-0.2, -0.15) is 0 Å². The molecule has 0 aromatic rings. The predicted molar refractivity (Wildman–Crippen MR) is 112 cm³/mol. The summed E-state index contributed by atoms with van der Waals surface area (Å²) in [7, 11) is -3.14. The predicted octanol–water partition coefficient (Wildman–Crippen LogP) is -0.480. The lowest BCUT2D eigenvalue weighted by molar-refractivity contribution is -0.135. The number of nitrogens with one attached hydrogen (secondary N) is 2. The molecule has 2 rings (SSSR count). The van der Waals surface area contributed by atoms with Crippen molar-refractivity contribution in [3.05, 3.63) is 0 Å². The molecule has 0 aromatic heterocycles. The quantitative estimate of drug-likeness (QED) is 0.315. The average molecular weight is 417 g/mol. The summed E-state index contributed by atoms with van der Waals surface area (Å²) in [5.41, 5.74) is 0. The third-order valence-electron chi connectivity index (χ3n) is 5.23. The number of amides is 1. The molecule has 2 N–H and O–H groups in total. The Morgan fingerprint density at radius 2 is 1.71 bits per heavy atom. The van der Waals surface area contributed by atoms with Crippen LogP contribution in [0.2, 0.25) is 0 Å². The van der Waals surface area contributed by atoms with E-state index in [0.29, 0.717) is 19.5 Å². The number of aliphatic imine (C=N–C) groups is 1. The molecule has 0 aliphatic carbocycles. The highest BCUT2D eigenvalue weighted by Crippen LogP contribution is 2.14. The van der Waals surface area contributed by atoms with Crippen LogP contribution in [0.25, 0.3) is 0 Å². The number of carbonyl (C=O) groups is 1. The zero-order valence-electron chi connectivity index (χ0n) is 17.5. The van der Waals surface area contributed by atoms with Crippen molar-refractivity contribution in [3.63, 3.8) is 0 Å². The Labute approximate surface area is 169 Å². The molecule has 0 spiro atoms. The van der Waals surface area contributed by atoms with Crippen LogP contribution in [0.3, 0.4) is 0 Å². The summed E-state index contributed by atoms with van der Waals surface area (Å²) < 4.78 is 24.7. The molecule has 2 aliphatic rings. The van der Waals surface area contributed by atoms with Gasteiger partial charge in [0.2, 0.25) is 15.9 Å². The summed E-state index contributed by atoms with van der Waals surface area (Å²) in [6.45, 7) is 10.9. The first-order valence-corrected chi connectivity index (χ1v) is 12.2. The second kappa shape index (κ2) is 11.0. The Balaban J connectivity index is 1.80. The average Bonchev–Trinajstić information content (AvgIpc) is 3.20. The van der Waals surface area contributed by atoms with Gasteiger partial charge in [-0.1, -0.05) is 0 Å². The number of rotatable bonds is 8. The summed E-state index contributed by atoms with van der Waals surface area (Å²) in [4.78, 5) is 23.7. The Bertz CT molecular complexity index is 625. The highest BCUT2D eigenvalue weighted by Gasteiger charge is 2.30. The number of sulfonamides is 1. The van der Waals surface area contributed by atoms with Crippen LogP contribution in [-0.2, 0) is 14.8 Å². The van der Waals surface area contributed by atoms with E-state index in [1.54, 1.807) is 0 Å². The van der Waals surface area contributed by atoms with Gasteiger partial charge in [0.05, 0.1) is 12.3 Å². The van der Waals surface area contributed by atoms with Crippen molar-refractivity contribution < 1.29 is 13.2 Å². The second-order valence-corrected chi connectivity index (χ2v) is 9.32. The van der Waals surface area contributed by atoms with Crippen LogP contribution in [0.1, 0.15) is 33.1 Å². The number of carbonyl (C=O) groups excluding carboxylic acids is 1. The van der Waals surface area contributed by atoms with E-state index in [4.69, 9.17) is 0 Å². The smallest absolute Gasteiger partial charge is 0.239 e. The third kappa shape index (κ3) is 7.21. The minimum absolute atomic E-state index is 0.0677. The van der Waals surface area contributed by atoms with Gasteiger partial charge in [0, 0.05) is 58.9 Å². The van der Waals surface area contributed by atoms with Crippen molar-refractivity contribution >= 4 is 21.9 Å². The third-order valence-corrected chi connectivity index (χ3v) is 5.96. The summed E-state index contributed by atoms with van der Waals surface area (Å²) in [6, 6.07) is -0.0677. The van der Waals surface area contributed by atoms with Gasteiger partial charge in [-0.15, -0.1) is 0 Å². The van der Waals surface area contributed by atoms with Crippen LogP contribution in [0.4, 0.5) is 0 Å². The van der Waals surface area contributed by atoms with Crippen LogP contribution >= 0.6 is 0 Å². The number of likely N-dealkylation sites (tertiary alicyclic amines) is 1. The molecular formula is C18H36N6O3S. The standard InChI is InChI=1S/C18H36N6O3S/c1-4-19-18(20-8-7-9-21-28(3,26)27)24-14-12-22(13-15-24)16(2)17(25)23-10-5-6-11-23/h16,21H,4-15H2,1-3H3,(H,19,20). The zero-order chi connectivity index (χ0) is 20.6. The van der Waals surface area contributed by atoms with Crippen molar-refractivity contribution in [1.29, 1.82) is 0 Å². The van der Waals surface area contributed by atoms with Gasteiger partial charge < -0.3 is 15.1 Å². The molecule has 0 aromatic carbocycles. The Morgan fingerprint density at radius 1 is 1.07 bits per heavy atom. The number of guanidine groups is 1. The second-order valence-electron chi connectivity index (χ2n) is 7.49. The number of hydrogen-bond acceptors (Lipinski definition) is 5. The van der Waals surface area contributed by atoms with Crippen molar-refractivity contribution in [2.45, 2.75) is 39.2 Å². The highest BCUT2D eigenvalue weighted by molar-refractivity contribution is 7.88. The Kier molecular flexibility index (Phi) is 8.97. The molecule has 0 radical (unpaired) electrons. The number of hydrogen-bond donors (Lipinski definition) is 2. The first-order valence-electron chi connectivity index (χ1n) is 10.3. The Hall–Kier alpha value is -1.39. The van der Waals surface area contributed by atoms with E-state index in [0.717, 1.165) is 70.9 Å².